The second kappa shape index (κ2) is 10.9. The summed E-state index contributed by atoms with van der Waals surface area (Å²) in [5, 5.41) is 0. The number of benzene rings is 6. The average molecular weight is 490 g/mol. The van der Waals surface area contributed by atoms with Gasteiger partial charge in [0.05, 0.1) is 0 Å². The summed E-state index contributed by atoms with van der Waals surface area (Å²) >= 11 is 0. The van der Waals surface area contributed by atoms with Crippen LogP contribution in [-0.4, -0.2) is 0 Å². The summed E-state index contributed by atoms with van der Waals surface area (Å²) < 4.78 is 6.03. The fourth-order valence-corrected chi connectivity index (χ4v) is 4.65. The molecule has 182 valence electrons. The van der Waals surface area contributed by atoms with Crippen LogP contribution in [0, 0.1) is 0 Å². The van der Waals surface area contributed by atoms with E-state index in [0.717, 1.165) is 28.6 Å². The zero-order valence-electron chi connectivity index (χ0n) is 20.9. The number of rotatable bonds is 7. The first-order chi connectivity index (χ1) is 18.8. The molecular formula is C36H27NO. The fourth-order valence-electron chi connectivity index (χ4n) is 4.65. The number of hydrogen-bond donors (Lipinski definition) is 0. The molecule has 0 radical (unpaired) electrons. The molecule has 38 heavy (non-hydrogen) atoms. The van der Waals surface area contributed by atoms with Gasteiger partial charge in [0.25, 0.3) is 0 Å². The molecule has 6 aromatic rings. The van der Waals surface area contributed by atoms with Crippen LogP contribution in [0.2, 0.25) is 0 Å². The Balaban J connectivity index is 1.36. The standard InChI is InChI=1S/C36H27NO/c1-4-12-28(13-5-1)29-14-10-15-30(26-29)31-16-11-19-34(27-31)37(32-17-6-2-7-18-32)33-22-24-36(25-23-33)38-35-20-8-3-9-21-35/h1-27H. The molecule has 2 heteroatoms. The predicted octanol–water partition coefficient (Wildman–Crippen LogP) is 10.3. The minimum Gasteiger partial charge on any atom is -0.457 e. The fraction of sp³-hybridized carbons (Fsp3) is 0. The Labute approximate surface area is 224 Å². The molecule has 0 fully saturated rings. The number of anilines is 3. The minimum absolute atomic E-state index is 0.805. The Morgan fingerprint density at radius 3 is 1.45 bits per heavy atom. The lowest BCUT2D eigenvalue weighted by Gasteiger charge is -2.26. The smallest absolute Gasteiger partial charge is 0.127 e. The molecule has 0 aliphatic rings. The van der Waals surface area contributed by atoms with Gasteiger partial charge in [-0.25, -0.2) is 0 Å². The van der Waals surface area contributed by atoms with Crippen molar-refractivity contribution in [2.45, 2.75) is 0 Å². The van der Waals surface area contributed by atoms with E-state index >= 15 is 0 Å². The molecule has 0 aliphatic heterocycles. The van der Waals surface area contributed by atoms with E-state index in [1.807, 2.05) is 48.5 Å². The van der Waals surface area contributed by atoms with Gasteiger partial charge in [-0.15, -0.1) is 0 Å². The first kappa shape index (κ1) is 23.3. The molecule has 0 aromatic heterocycles. The van der Waals surface area contributed by atoms with Crippen LogP contribution in [-0.2, 0) is 0 Å². The van der Waals surface area contributed by atoms with Gasteiger partial charge < -0.3 is 9.64 Å². The lowest BCUT2D eigenvalue weighted by Crippen LogP contribution is -2.09. The van der Waals surface area contributed by atoms with Gasteiger partial charge in [0.1, 0.15) is 11.5 Å². The maximum Gasteiger partial charge on any atom is 0.127 e. The summed E-state index contributed by atoms with van der Waals surface area (Å²) in [4.78, 5) is 2.27. The van der Waals surface area contributed by atoms with Crippen molar-refractivity contribution in [1.29, 1.82) is 0 Å². The van der Waals surface area contributed by atoms with Gasteiger partial charge in [-0.1, -0.05) is 97.1 Å². The zero-order valence-corrected chi connectivity index (χ0v) is 20.9. The van der Waals surface area contributed by atoms with Crippen molar-refractivity contribution in [3.05, 3.63) is 164 Å². The largest absolute Gasteiger partial charge is 0.457 e. The summed E-state index contributed by atoms with van der Waals surface area (Å²) in [6.07, 6.45) is 0. The van der Waals surface area contributed by atoms with Crippen LogP contribution in [0.3, 0.4) is 0 Å². The Kier molecular flexibility index (Phi) is 6.69. The normalized spacial score (nSPS) is 10.6. The summed E-state index contributed by atoms with van der Waals surface area (Å²) in [6.45, 7) is 0. The minimum atomic E-state index is 0.805. The van der Waals surface area contributed by atoms with Crippen molar-refractivity contribution in [3.63, 3.8) is 0 Å². The molecule has 0 amide bonds. The van der Waals surface area contributed by atoms with Crippen LogP contribution < -0.4 is 9.64 Å². The monoisotopic (exact) mass is 489 g/mol. The molecular weight excluding hydrogens is 462 g/mol. The van der Waals surface area contributed by atoms with Crippen molar-refractivity contribution in [2.24, 2.45) is 0 Å². The Morgan fingerprint density at radius 1 is 0.316 bits per heavy atom. The highest BCUT2D eigenvalue weighted by atomic mass is 16.5. The summed E-state index contributed by atoms with van der Waals surface area (Å²) in [5.41, 5.74) is 8.04. The van der Waals surface area contributed by atoms with E-state index in [1.165, 1.54) is 22.3 Å². The molecule has 0 atom stereocenters. The van der Waals surface area contributed by atoms with Crippen LogP contribution in [0.5, 0.6) is 11.5 Å². The van der Waals surface area contributed by atoms with Crippen molar-refractivity contribution < 1.29 is 4.74 Å². The van der Waals surface area contributed by atoms with E-state index in [9.17, 15) is 0 Å². The van der Waals surface area contributed by atoms with Crippen LogP contribution >= 0.6 is 0 Å². The summed E-state index contributed by atoms with van der Waals surface area (Å²) in [6, 6.07) is 56.5. The summed E-state index contributed by atoms with van der Waals surface area (Å²) in [5.74, 6) is 1.63. The predicted molar refractivity (Wildman–Crippen MR) is 159 cm³/mol. The van der Waals surface area contributed by atoms with Crippen molar-refractivity contribution in [1.82, 2.24) is 0 Å². The Hall–Kier alpha value is -5.08. The third-order valence-electron chi connectivity index (χ3n) is 6.50. The van der Waals surface area contributed by atoms with Gasteiger partial charge in [-0.2, -0.15) is 0 Å². The van der Waals surface area contributed by atoms with E-state index < -0.39 is 0 Å². The first-order valence-electron chi connectivity index (χ1n) is 12.8. The van der Waals surface area contributed by atoms with Crippen LogP contribution in [0.4, 0.5) is 17.1 Å². The SMILES string of the molecule is c1ccc(Oc2ccc(N(c3ccccc3)c3cccc(-c4cccc(-c5ccccc5)c4)c3)cc2)cc1. The van der Waals surface area contributed by atoms with Crippen LogP contribution in [0.15, 0.2) is 164 Å². The van der Waals surface area contributed by atoms with Crippen LogP contribution in [0.1, 0.15) is 0 Å². The topological polar surface area (TPSA) is 12.5 Å². The molecule has 0 bridgehead atoms. The Bertz CT molecular complexity index is 1610. The third-order valence-corrected chi connectivity index (χ3v) is 6.50. The van der Waals surface area contributed by atoms with Crippen LogP contribution in [0.25, 0.3) is 22.3 Å². The first-order valence-corrected chi connectivity index (χ1v) is 12.8. The van der Waals surface area contributed by atoms with E-state index in [2.05, 4.69) is 120 Å². The quantitative estimate of drug-likeness (QED) is 0.221. The molecule has 0 heterocycles. The molecule has 0 N–H and O–H groups in total. The lowest BCUT2D eigenvalue weighted by atomic mass is 9.98. The highest BCUT2D eigenvalue weighted by molar-refractivity contribution is 5.81. The van der Waals surface area contributed by atoms with E-state index in [-0.39, 0.29) is 0 Å². The molecule has 0 spiro atoms. The van der Waals surface area contributed by atoms with Gasteiger partial charge in [-0.05, 0) is 89.0 Å². The highest BCUT2D eigenvalue weighted by Crippen LogP contribution is 2.38. The Morgan fingerprint density at radius 2 is 0.763 bits per heavy atom. The van der Waals surface area contributed by atoms with Crippen molar-refractivity contribution in [3.8, 4) is 33.8 Å². The second-order valence-electron chi connectivity index (χ2n) is 9.08. The molecule has 2 nitrogen and oxygen atoms in total. The lowest BCUT2D eigenvalue weighted by molar-refractivity contribution is 0.483. The number of hydrogen-bond acceptors (Lipinski definition) is 2. The van der Waals surface area contributed by atoms with Gasteiger partial charge in [0, 0.05) is 17.1 Å². The van der Waals surface area contributed by atoms with Gasteiger partial charge in [0.15, 0.2) is 0 Å². The molecule has 0 aliphatic carbocycles. The summed E-state index contributed by atoms with van der Waals surface area (Å²) in [7, 11) is 0. The second-order valence-corrected chi connectivity index (χ2v) is 9.08. The van der Waals surface area contributed by atoms with E-state index in [1.54, 1.807) is 0 Å². The third kappa shape index (κ3) is 5.21. The van der Waals surface area contributed by atoms with E-state index in [0.29, 0.717) is 0 Å². The molecule has 0 saturated carbocycles. The van der Waals surface area contributed by atoms with E-state index in [4.69, 9.17) is 4.74 Å². The molecule has 6 rings (SSSR count). The number of ether oxygens (including phenoxy) is 1. The average Bonchev–Trinajstić information content (AvgIpc) is 3.00. The maximum absolute atomic E-state index is 6.03. The maximum atomic E-state index is 6.03. The van der Waals surface area contributed by atoms with Crippen molar-refractivity contribution >= 4 is 17.1 Å². The van der Waals surface area contributed by atoms with Gasteiger partial charge in [0.2, 0.25) is 0 Å². The van der Waals surface area contributed by atoms with Crippen molar-refractivity contribution in [2.75, 3.05) is 4.90 Å². The molecule has 0 unspecified atom stereocenters. The zero-order chi connectivity index (χ0) is 25.6. The highest BCUT2D eigenvalue weighted by Gasteiger charge is 2.14. The number of para-hydroxylation sites is 2. The molecule has 6 aromatic carbocycles. The number of nitrogens with zero attached hydrogens (tertiary/aromatic N) is 1. The van der Waals surface area contributed by atoms with Gasteiger partial charge in [-0.3, -0.25) is 0 Å². The molecule has 0 saturated heterocycles. The van der Waals surface area contributed by atoms with Gasteiger partial charge >= 0.3 is 0 Å².